The molecule has 1 fully saturated rings. The molecule has 2 N–H and O–H groups in total. The number of nitrogens with zero attached hydrogens (tertiary/aromatic N) is 5. The Kier molecular flexibility index (Phi) is 5.89. The van der Waals surface area contributed by atoms with Crippen molar-refractivity contribution in [1.82, 2.24) is 24.4 Å². The number of pyridine rings is 1. The van der Waals surface area contributed by atoms with Crippen molar-refractivity contribution in [2.45, 2.75) is 33.2 Å². The second kappa shape index (κ2) is 9.36. The van der Waals surface area contributed by atoms with Crippen LogP contribution in [0.15, 0.2) is 67.1 Å². The van der Waals surface area contributed by atoms with Crippen molar-refractivity contribution < 1.29 is 0 Å². The Morgan fingerprint density at radius 1 is 0.944 bits per heavy atom. The van der Waals surface area contributed by atoms with Gasteiger partial charge in [-0.2, -0.15) is 0 Å². The predicted octanol–water partition coefficient (Wildman–Crippen LogP) is 5.94. The SMILES string of the molecule is CCN1CCC(Cn2cc(-c3ccc4ccc(-c5ccccc5)nc4c3C)c3c(N)ncnc32)CC1. The number of hydrogen-bond acceptors (Lipinski definition) is 5. The summed E-state index contributed by atoms with van der Waals surface area (Å²) >= 11 is 0. The van der Waals surface area contributed by atoms with Crippen LogP contribution in [0.1, 0.15) is 25.3 Å². The van der Waals surface area contributed by atoms with E-state index < -0.39 is 0 Å². The largest absolute Gasteiger partial charge is 0.383 e. The number of piperidine rings is 1. The zero-order chi connectivity index (χ0) is 24.6. The lowest BCUT2D eigenvalue weighted by molar-refractivity contribution is 0.182. The summed E-state index contributed by atoms with van der Waals surface area (Å²) in [5.41, 5.74) is 13.8. The monoisotopic (exact) mass is 476 g/mol. The number of likely N-dealkylation sites (tertiary alicyclic amines) is 1. The summed E-state index contributed by atoms with van der Waals surface area (Å²) in [5.74, 6) is 1.17. The third-order valence-corrected chi connectivity index (χ3v) is 7.77. The number of hydrogen-bond donors (Lipinski definition) is 1. The summed E-state index contributed by atoms with van der Waals surface area (Å²) in [5, 5.41) is 2.07. The van der Waals surface area contributed by atoms with Crippen LogP contribution in [-0.2, 0) is 6.54 Å². The molecule has 1 saturated heterocycles. The zero-order valence-corrected chi connectivity index (χ0v) is 21.0. The Balaban J connectivity index is 1.44. The number of anilines is 1. The molecule has 0 saturated carbocycles. The summed E-state index contributed by atoms with van der Waals surface area (Å²) < 4.78 is 2.30. The third-order valence-electron chi connectivity index (χ3n) is 7.77. The first kappa shape index (κ1) is 22.7. The second-order valence-electron chi connectivity index (χ2n) is 9.90. The van der Waals surface area contributed by atoms with Gasteiger partial charge in [-0.3, -0.25) is 0 Å². The first-order valence-corrected chi connectivity index (χ1v) is 12.9. The highest BCUT2D eigenvalue weighted by Gasteiger charge is 2.22. The highest BCUT2D eigenvalue weighted by atomic mass is 15.1. The van der Waals surface area contributed by atoms with Gasteiger partial charge in [-0.05, 0) is 62.5 Å². The van der Waals surface area contributed by atoms with Crippen molar-refractivity contribution in [3.8, 4) is 22.4 Å². The molecule has 6 heteroatoms. The number of fused-ring (bicyclic) bond motifs is 2. The van der Waals surface area contributed by atoms with Gasteiger partial charge in [-0.15, -0.1) is 0 Å². The van der Waals surface area contributed by atoms with Crippen molar-refractivity contribution in [3.63, 3.8) is 0 Å². The van der Waals surface area contributed by atoms with Gasteiger partial charge in [0.2, 0.25) is 0 Å². The Hall–Kier alpha value is -3.77. The molecule has 0 unspecified atom stereocenters. The molecule has 0 atom stereocenters. The maximum atomic E-state index is 6.45. The fourth-order valence-corrected chi connectivity index (χ4v) is 5.65. The normalized spacial score (nSPS) is 15.2. The van der Waals surface area contributed by atoms with Crippen molar-refractivity contribution in [1.29, 1.82) is 0 Å². The van der Waals surface area contributed by atoms with Crippen LogP contribution < -0.4 is 5.73 Å². The summed E-state index contributed by atoms with van der Waals surface area (Å²) in [6.45, 7) is 8.83. The van der Waals surface area contributed by atoms with Crippen LogP contribution in [0.4, 0.5) is 5.82 Å². The molecule has 6 rings (SSSR count). The van der Waals surface area contributed by atoms with Gasteiger partial charge in [0.1, 0.15) is 17.8 Å². The molecule has 5 aromatic rings. The van der Waals surface area contributed by atoms with Crippen LogP contribution in [0, 0.1) is 12.8 Å². The topological polar surface area (TPSA) is 72.9 Å². The van der Waals surface area contributed by atoms with Crippen LogP contribution >= 0.6 is 0 Å². The summed E-state index contributed by atoms with van der Waals surface area (Å²) in [6, 6.07) is 18.9. The van der Waals surface area contributed by atoms with Crippen LogP contribution in [0.5, 0.6) is 0 Å². The maximum absolute atomic E-state index is 6.45. The van der Waals surface area contributed by atoms with Gasteiger partial charge >= 0.3 is 0 Å². The zero-order valence-electron chi connectivity index (χ0n) is 21.0. The molecule has 1 aliphatic rings. The van der Waals surface area contributed by atoms with Crippen LogP contribution in [0.25, 0.3) is 44.3 Å². The van der Waals surface area contributed by atoms with E-state index in [0.717, 1.165) is 63.0 Å². The standard InChI is InChI=1S/C30H32N6/c1-3-35-15-13-21(14-16-35)17-36-18-25(27-29(31)32-19-33-30(27)36)24-11-9-23-10-12-26(34-28(23)20(24)2)22-7-5-4-6-8-22/h4-12,18-19,21H,3,13-17H2,1-2H3,(H2,31,32,33). The minimum atomic E-state index is 0.528. The van der Waals surface area contributed by atoms with E-state index in [4.69, 9.17) is 10.7 Å². The third kappa shape index (κ3) is 4.01. The Morgan fingerprint density at radius 3 is 2.50 bits per heavy atom. The van der Waals surface area contributed by atoms with E-state index >= 15 is 0 Å². The van der Waals surface area contributed by atoms with Crippen LogP contribution in [-0.4, -0.2) is 44.1 Å². The number of aromatic nitrogens is 4. The molecule has 0 aliphatic carbocycles. The van der Waals surface area contributed by atoms with Crippen molar-refractivity contribution in [2.24, 2.45) is 5.92 Å². The molecule has 3 aromatic heterocycles. The van der Waals surface area contributed by atoms with E-state index in [1.807, 2.05) is 18.2 Å². The van der Waals surface area contributed by atoms with Crippen molar-refractivity contribution in [3.05, 3.63) is 72.7 Å². The number of aryl methyl sites for hydroxylation is 1. The summed E-state index contributed by atoms with van der Waals surface area (Å²) in [7, 11) is 0. The lowest BCUT2D eigenvalue weighted by Crippen LogP contribution is -2.34. The molecule has 0 radical (unpaired) electrons. The Morgan fingerprint density at radius 2 is 1.72 bits per heavy atom. The molecule has 0 spiro atoms. The fraction of sp³-hybridized carbons (Fsp3) is 0.300. The quantitative estimate of drug-likeness (QED) is 0.340. The fourth-order valence-electron chi connectivity index (χ4n) is 5.65. The molecule has 36 heavy (non-hydrogen) atoms. The van der Waals surface area contributed by atoms with Gasteiger partial charge in [-0.25, -0.2) is 15.0 Å². The van der Waals surface area contributed by atoms with Gasteiger partial charge in [0.15, 0.2) is 0 Å². The minimum Gasteiger partial charge on any atom is -0.383 e. The molecule has 6 nitrogen and oxygen atoms in total. The molecular weight excluding hydrogens is 444 g/mol. The first-order valence-electron chi connectivity index (χ1n) is 12.9. The van der Waals surface area contributed by atoms with Gasteiger partial charge < -0.3 is 15.2 Å². The molecule has 0 amide bonds. The number of nitrogen functional groups attached to an aromatic ring is 1. The predicted molar refractivity (Wildman–Crippen MR) is 148 cm³/mol. The average molecular weight is 477 g/mol. The lowest BCUT2D eigenvalue weighted by atomic mass is 9.96. The van der Waals surface area contributed by atoms with E-state index in [1.54, 1.807) is 6.33 Å². The molecule has 1 aliphatic heterocycles. The Bertz CT molecular complexity index is 1530. The van der Waals surface area contributed by atoms with Gasteiger partial charge in [0.25, 0.3) is 0 Å². The van der Waals surface area contributed by atoms with Gasteiger partial charge in [-0.1, -0.05) is 55.5 Å². The summed E-state index contributed by atoms with van der Waals surface area (Å²) in [4.78, 5) is 16.6. The highest BCUT2D eigenvalue weighted by Crippen LogP contribution is 2.37. The molecule has 4 heterocycles. The van der Waals surface area contributed by atoms with E-state index in [1.165, 1.54) is 25.9 Å². The molecule has 2 aromatic carbocycles. The van der Waals surface area contributed by atoms with E-state index in [2.05, 4.69) is 75.9 Å². The van der Waals surface area contributed by atoms with E-state index in [-0.39, 0.29) is 0 Å². The molecule has 182 valence electrons. The van der Waals surface area contributed by atoms with Crippen molar-refractivity contribution in [2.75, 3.05) is 25.4 Å². The van der Waals surface area contributed by atoms with E-state index in [9.17, 15) is 0 Å². The molecular formula is C30H32N6. The number of nitrogens with two attached hydrogens (primary N) is 1. The second-order valence-corrected chi connectivity index (χ2v) is 9.90. The average Bonchev–Trinajstić information content (AvgIpc) is 3.29. The highest BCUT2D eigenvalue weighted by molar-refractivity contribution is 6.03. The minimum absolute atomic E-state index is 0.528. The van der Waals surface area contributed by atoms with Gasteiger partial charge in [0, 0.05) is 29.3 Å². The summed E-state index contributed by atoms with van der Waals surface area (Å²) in [6.07, 6.45) is 6.24. The van der Waals surface area contributed by atoms with Crippen molar-refractivity contribution >= 4 is 27.8 Å². The number of rotatable bonds is 5. The van der Waals surface area contributed by atoms with E-state index in [0.29, 0.717) is 11.7 Å². The Labute approximate surface area is 211 Å². The molecule has 0 bridgehead atoms. The first-order chi connectivity index (χ1) is 17.6. The smallest absolute Gasteiger partial charge is 0.146 e. The maximum Gasteiger partial charge on any atom is 0.146 e. The number of benzene rings is 2. The van der Waals surface area contributed by atoms with Crippen LogP contribution in [0.2, 0.25) is 0 Å². The van der Waals surface area contributed by atoms with Crippen LogP contribution in [0.3, 0.4) is 0 Å². The van der Waals surface area contributed by atoms with Gasteiger partial charge in [0.05, 0.1) is 16.6 Å². The lowest BCUT2D eigenvalue weighted by Gasteiger charge is -2.31.